The molecule has 0 aromatic heterocycles. The van der Waals surface area contributed by atoms with Crippen LogP contribution in [0.15, 0.2) is 18.2 Å². The quantitative estimate of drug-likeness (QED) is 0.799. The third-order valence-electron chi connectivity index (χ3n) is 3.92. The second kappa shape index (κ2) is 5.95. The van der Waals surface area contributed by atoms with Crippen molar-refractivity contribution in [2.24, 2.45) is 5.92 Å². The van der Waals surface area contributed by atoms with E-state index in [1.165, 1.54) is 19.3 Å². The average Bonchev–Trinajstić information content (AvgIpc) is 2.37. The Morgan fingerprint density at radius 1 is 1.47 bits per heavy atom. The van der Waals surface area contributed by atoms with Crippen LogP contribution in [-0.2, 0) is 0 Å². The lowest BCUT2D eigenvalue weighted by molar-refractivity contribution is 0.0963. The average molecular weight is 261 g/mol. The number of rotatable bonds is 5. The lowest BCUT2D eigenvalue weighted by Gasteiger charge is -2.34. The van der Waals surface area contributed by atoms with Crippen molar-refractivity contribution in [1.82, 2.24) is 5.32 Å². The molecule has 1 aromatic carbocycles. The van der Waals surface area contributed by atoms with Crippen LogP contribution in [0.1, 0.15) is 36.5 Å². The summed E-state index contributed by atoms with van der Waals surface area (Å²) in [6.07, 6.45) is 3.93. The number of nitrogens with one attached hydrogen (secondary N) is 1. The zero-order chi connectivity index (χ0) is 13.8. The second-order valence-corrected chi connectivity index (χ2v) is 5.19. The number of amides is 1. The van der Waals surface area contributed by atoms with Gasteiger partial charge in [0, 0.05) is 25.8 Å². The molecule has 0 heterocycles. The summed E-state index contributed by atoms with van der Waals surface area (Å²) in [4.78, 5) is 14.2. The molecule has 19 heavy (non-hydrogen) atoms. The Kier molecular flexibility index (Phi) is 4.30. The molecule has 1 saturated carbocycles. The zero-order valence-electron chi connectivity index (χ0n) is 11.8. The van der Waals surface area contributed by atoms with Gasteiger partial charge in [-0.2, -0.15) is 0 Å². The van der Waals surface area contributed by atoms with Gasteiger partial charge < -0.3 is 16.0 Å². The summed E-state index contributed by atoms with van der Waals surface area (Å²) in [7, 11) is 1.66. The van der Waals surface area contributed by atoms with Gasteiger partial charge in [0.1, 0.15) is 0 Å². The molecule has 0 radical (unpaired) electrons. The number of hydrogen-bond acceptors (Lipinski definition) is 3. The number of anilines is 2. The largest absolute Gasteiger partial charge is 0.399 e. The minimum Gasteiger partial charge on any atom is -0.399 e. The van der Waals surface area contributed by atoms with Gasteiger partial charge in [-0.25, -0.2) is 0 Å². The van der Waals surface area contributed by atoms with Gasteiger partial charge >= 0.3 is 0 Å². The number of nitrogens with zero attached hydrogens (tertiary/aromatic N) is 1. The molecule has 0 saturated heterocycles. The van der Waals surface area contributed by atoms with E-state index in [2.05, 4.69) is 17.1 Å². The molecule has 4 nitrogen and oxygen atoms in total. The fourth-order valence-corrected chi connectivity index (χ4v) is 2.52. The van der Waals surface area contributed by atoms with Crippen molar-refractivity contribution in [2.45, 2.75) is 26.2 Å². The summed E-state index contributed by atoms with van der Waals surface area (Å²) in [6, 6.07) is 5.50. The molecule has 4 heteroatoms. The maximum atomic E-state index is 12.0. The van der Waals surface area contributed by atoms with Gasteiger partial charge in [-0.15, -0.1) is 0 Å². The summed E-state index contributed by atoms with van der Waals surface area (Å²) in [6.45, 7) is 4.03. The van der Waals surface area contributed by atoms with E-state index >= 15 is 0 Å². The molecule has 2 rings (SSSR count). The maximum Gasteiger partial charge on any atom is 0.253 e. The van der Waals surface area contributed by atoms with Crippen LogP contribution in [0.4, 0.5) is 11.4 Å². The molecular formula is C15H23N3O. The Labute approximate surface area is 115 Å². The number of hydrogen-bond donors (Lipinski definition) is 2. The molecule has 1 amide bonds. The molecule has 0 aliphatic heterocycles. The molecule has 1 aromatic rings. The van der Waals surface area contributed by atoms with Crippen molar-refractivity contribution in [1.29, 1.82) is 0 Å². The lowest BCUT2D eigenvalue weighted by Crippen LogP contribution is -2.34. The first kappa shape index (κ1) is 13.7. The zero-order valence-corrected chi connectivity index (χ0v) is 11.8. The summed E-state index contributed by atoms with van der Waals surface area (Å²) in [5, 5.41) is 2.69. The van der Waals surface area contributed by atoms with E-state index in [0.29, 0.717) is 11.3 Å². The standard InChI is InChI=1S/C15H23N3O/c1-3-18(10-11-5-4-6-11)14-9-12(16)7-8-13(14)15(19)17-2/h7-9,11H,3-6,10,16H2,1-2H3,(H,17,19). The van der Waals surface area contributed by atoms with Gasteiger partial charge in [-0.3, -0.25) is 4.79 Å². The summed E-state index contributed by atoms with van der Waals surface area (Å²) in [5.74, 6) is 0.709. The second-order valence-electron chi connectivity index (χ2n) is 5.19. The van der Waals surface area contributed by atoms with Gasteiger partial charge in [0.2, 0.25) is 0 Å². The smallest absolute Gasteiger partial charge is 0.253 e. The molecule has 0 unspecified atom stereocenters. The third-order valence-corrected chi connectivity index (χ3v) is 3.92. The third kappa shape index (κ3) is 3.00. The van der Waals surface area contributed by atoms with Gasteiger partial charge in [0.15, 0.2) is 0 Å². The Morgan fingerprint density at radius 3 is 2.74 bits per heavy atom. The van der Waals surface area contributed by atoms with E-state index in [1.807, 2.05) is 12.1 Å². The van der Waals surface area contributed by atoms with Crippen molar-refractivity contribution in [3.8, 4) is 0 Å². The van der Waals surface area contributed by atoms with E-state index in [1.54, 1.807) is 13.1 Å². The first-order valence-electron chi connectivity index (χ1n) is 7.02. The summed E-state index contributed by atoms with van der Waals surface area (Å²) in [5.41, 5.74) is 8.24. The first-order valence-corrected chi connectivity index (χ1v) is 7.02. The fraction of sp³-hybridized carbons (Fsp3) is 0.533. The van der Waals surface area contributed by atoms with Crippen LogP contribution in [0.25, 0.3) is 0 Å². The number of nitrogen functional groups attached to an aromatic ring is 1. The number of nitrogens with two attached hydrogens (primary N) is 1. The number of benzene rings is 1. The van der Waals surface area contributed by atoms with Crippen molar-refractivity contribution in [3.05, 3.63) is 23.8 Å². The van der Waals surface area contributed by atoms with Crippen LogP contribution in [0.2, 0.25) is 0 Å². The molecule has 1 aliphatic rings. The lowest BCUT2D eigenvalue weighted by atomic mass is 9.85. The fourth-order valence-electron chi connectivity index (χ4n) is 2.52. The van der Waals surface area contributed by atoms with Crippen LogP contribution in [0.3, 0.4) is 0 Å². The minimum absolute atomic E-state index is 0.0536. The van der Waals surface area contributed by atoms with Crippen molar-refractivity contribution < 1.29 is 4.79 Å². The van der Waals surface area contributed by atoms with Crippen molar-refractivity contribution in [3.63, 3.8) is 0 Å². The number of carbonyl (C=O) groups is 1. The highest BCUT2D eigenvalue weighted by atomic mass is 16.1. The molecule has 0 atom stereocenters. The van der Waals surface area contributed by atoms with E-state index in [9.17, 15) is 4.79 Å². The molecule has 1 fully saturated rings. The summed E-state index contributed by atoms with van der Waals surface area (Å²) >= 11 is 0. The van der Waals surface area contributed by atoms with E-state index in [0.717, 1.165) is 24.7 Å². The van der Waals surface area contributed by atoms with Crippen LogP contribution in [-0.4, -0.2) is 26.0 Å². The topological polar surface area (TPSA) is 58.4 Å². The van der Waals surface area contributed by atoms with E-state index < -0.39 is 0 Å². The molecule has 1 aliphatic carbocycles. The normalized spacial score (nSPS) is 14.8. The highest BCUT2D eigenvalue weighted by Gasteiger charge is 2.22. The Hall–Kier alpha value is -1.71. The molecule has 0 bridgehead atoms. The summed E-state index contributed by atoms with van der Waals surface area (Å²) < 4.78 is 0. The molecule has 104 valence electrons. The van der Waals surface area contributed by atoms with Crippen molar-refractivity contribution >= 4 is 17.3 Å². The van der Waals surface area contributed by atoms with Crippen LogP contribution in [0, 0.1) is 5.92 Å². The molecule has 0 spiro atoms. The van der Waals surface area contributed by atoms with E-state index in [-0.39, 0.29) is 5.91 Å². The van der Waals surface area contributed by atoms with Gasteiger partial charge in [0.25, 0.3) is 5.91 Å². The van der Waals surface area contributed by atoms with Gasteiger partial charge in [0.05, 0.1) is 11.3 Å². The Balaban J connectivity index is 2.27. The SMILES string of the molecule is CCN(CC1CCC1)c1cc(N)ccc1C(=O)NC. The predicted molar refractivity (Wildman–Crippen MR) is 79.5 cm³/mol. The first-order chi connectivity index (χ1) is 9.15. The predicted octanol–water partition coefficient (Wildman–Crippen LogP) is 2.25. The van der Waals surface area contributed by atoms with Gasteiger partial charge in [-0.05, 0) is 43.9 Å². The van der Waals surface area contributed by atoms with Crippen LogP contribution >= 0.6 is 0 Å². The van der Waals surface area contributed by atoms with Crippen LogP contribution < -0.4 is 16.0 Å². The Morgan fingerprint density at radius 2 is 2.21 bits per heavy atom. The minimum atomic E-state index is -0.0536. The van der Waals surface area contributed by atoms with Crippen molar-refractivity contribution in [2.75, 3.05) is 30.8 Å². The Bertz CT molecular complexity index is 455. The highest BCUT2D eigenvalue weighted by Crippen LogP contribution is 2.31. The maximum absolute atomic E-state index is 12.0. The molecule has 3 N–H and O–H groups in total. The molecular weight excluding hydrogens is 238 g/mol. The van der Waals surface area contributed by atoms with Gasteiger partial charge in [-0.1, -0.05) is 6.42 Å². The van der Waals surface area contributed by atoms with E-state index in [4.69, 9.17) is 5.73 Å². The highest BCUT2D eigenvalue weighted by molar-refractivity contribution is 6.00. The monoisotopic (exact) mass is 261 g/mol. The van der Waals surface area contributed by atoms with Crippen LogP contribution in [0.5, 0.6) is 0 Å². The number of carbonyl (C=O) groups excluding carboxylic acids is 1.